The van der Waals surface area contributed by atoms with Gasteiger partial charge < -0.3 is 9.73 Å². The minimum atomic E-state index is -0.985. The first-order valence-electron chi connectivity index (χ1n) is 7.71. The molecule has 0 bridgehead atoms. The second-order valence-corrected chi connectivity index (χ2v) is 5.70. The van der Waals surface area contributed by atoms with Crippen LogP contribution in [-0.2, 0) is 0 Å². The zero-order chi connectivity index (χ0) is 17.1. The molecule has 1 aliphatic rings. The number of nitro groups is 1. The Morgan fingerprint density at radius 3 is 2.50 bits per heavy atom. The predicted octanol–water partition coefficient (Wildman–Crippen LogP) is 3.72. The molecule has 3 rings (SSSR count). The fourth-order valence-electron chi connectivity index (χ4n) is 2.98. The van der Waals surface area contributed by atoms with E-state index in [4.69, 9.17) is 4.42 Å². The zero-order valence-corrected chi connectivity index (χ0v) is 12.9. The number of halogens is 2. The Morgan fingerprint density at radius 2 is 1.96 bits per heavy atom. The Morgan fingerprint density at radius 1 is 1.29 bits per heavy atom. The van der Waals surface area contributed by atoms with Crippen LogP contribution < -0.4 is 5.32 Å². The van der Waals surface area contributed by atoms with Gasteiger partial charge in [0.1, 0.15) is 11.4 Å². The summed E-state index contributed by atoms with van der Waals surface area (Å²) in [6.07, 6.45) is 3.69. The normalized spacial score (nSPS) is 16.2. The molecule has 1 aliphatic heterocycles. The summed E-state index contributed by atoms with van der Waals surface area (Å²) >= 11 is 0. The number of hydrogen-bond acceptors (Lipinski definition) is 5. The third kappa shape index (κ3) is 3.38. The molecule has 2 heterocycles. The Bertz CT molecular complexity index is 692. The first-order valence-corrected chi connectivity index (χ1v) is 7.71. The fraction of sp³-hybridized carbons (Fsp3) is 0.375. The summed E-state index contributed by atoms with van der Waals surface area (Å²) in [7, 11) is 0. The Balaban J connectivity index is 1.78. The van der Waals surface area contributed by atoms with Crippen molar-refractivity contribution in [2.75, 3.05) is 25.0 Å². The molecule has 1 fully saturated rings. The topological polar surface area (TPSA) is 71.5 Å². The van der Waals surface area contributed by atoms with Crippen LogP contribution in [0.1, 0.15) is 24.6 Å². The van der Waals surface area contributed by atoms with Crippen molar-refractivity contribution in [3.8, 4) is 0 Å². The van der Waals surface area contributed by atoms with Crippen molar-refractivity contribution in [2.24, 2.45) is 0 Å². The summed E-state index contributed by atoms with van der Waals surface area (Å²) < 4.78 is 33.4. The maximum absolute atomic E-state index is 14.0. The molecule has 0 spiro atoms. The molecule has 0 aliphatic carbocycles. The summed E-state index contributed by atoms with van der Waals surface area (Å²) in [4.78, 5) is 12.0. The van der Waals surface area contributed by atoms with Gasteiger partial charge in [-0.1, -0.05) is 0 Å². The van der Waals surface area contributed by atoms with Gasteiger partial charge in [0.2, 0.25) is 0 Å². The van der Waals surface area contributed by atoms with Crippen LogP contribution in [0.4, 0.5) is 20.2 Å². The lowest BCUT2D eigenvalue weighted by Gasteiger charge is -2.26. The van der Waals surface area contributed by atoms with Crippen LogP contribution in [0.2, 0.25) is 0 Å². The molecule has 1 saturated heterocycles. The molecule has 0 radical (unpaired) electrons. The predicted molar refractivity (Wildman–Crippen MR) is 83.8 cm³/mol. The van der Waals surface area contributed by atoms with Gasteiger partial charge in [0.15, 0.2) is 11.6 Å². The molecule has 1 atom stereocenters. The number of benzene rings is 1. The van der Waals surface area contributed by atoms with E-state index in [1.807, 2.05) is 6.07 Å². The number of anilines is 1. The standard InChI is InChI=1S/C16H17F2N3O3/c17-12-8-11(21(22)23)9-13(18)16(12)19-10-14(15-4-3-7-24-15)20-5-1-2-6-20/h3-4,7-9,14,19H,1-2,5-6,10H2/t14-/m1/s1. The highest BCUT2D eigenvalue weighted by Crippen LogP contribution is 2.29. The van der Waals surface area contributed by atoms with Crippen molar-refractivity contribution >= 4 is 11.4 Å². The largest absolute Gasteiger partial charge is 0.468 e. The highest BCUT2D eigenvalue weighted by atomic mass is 19.1. The van der Waals surface area contributed by atoms with E-state index >= 15 is 0 Å². The molecule has 0 saturated carbocycles. The zero-order valence-electron chi connectivity index (χ0n) is 12.9. The maximum Gasteiger partial charge on any atom is 0.275 e. The molecule has 2 aromatic rings. The monoisotopic (exact) mass is 337 g/mol. The average Bonchev–Trinajstić information content (AvgIpc) is 3.23. The summed E-state index contributed by atoms with van der Waals surface area (Å²) in [6.45, 7) is 2.01. The van der Waals surface area contributed by atoms with E-state index in [0.29, 0.717) is 17.9 Å². The van der Waals surface area contributed by atoms with Gasteiger partial charge in [-0.25, -0.2) is 8.78 Å². The van der Waals surface area contributed by atoms with Crippen LogP contribution in [0.5, 0.6) is 0 Å². The van der Waals surface area contributed by atoms with Gasteiger partial charge in [0, 0.05) is 6.54 Å². The van der Waals surface area contributed by atoms with Crippen LogP contribution in [0.3, 0.4) is 0 Å². The summed E-state index contributed by atoms with van der Waals surface area (Å²) in [5, 5.41) is 13.4. The van der Waals surface area contributed by atoms with Crippen molar-refractivity contribution in [3.63, 3.8) is 0 Å². The lowest BCUT2D eigenvalue weighted by Crippen LogP contribution is -2.31. The first kappa shape index (κ1) is 16.4. The van der Waals surface area contributed by atoms with Gasteiger partial charge in [-0.05, 0) is 38.1 Å². The summed E-state index contributed by atoms with van der Waals surface area (Å²) in [5.41, 5.74) is -0.978. The molecule has 24 heavy (non-hydrogen) atoms. The van der Waals surface area contributed by atoms with E-state index in [1.54, 1.807) is 12.3 Å². The Kier molecular flexibility index (Phi) is 4.75. The quantitative estimate of drug-likeness (QED) is 0.642. The van der Waals surface area contributed by atoms with Gasteiger partial charge in [-0.15, -0.1) is 0 Å². The van der Waals surface area contributed by atoms with Gasteiger partial charge in [0.05, 0.1) is 29.4 Å². The lowest BCUT2D eigenvalue weighted by molar-refractivity contribution is -0.385. The number of nitrogens with zero attached hydrogens (tertiary/aromatic N) is 2. The lowest BCUT2D eigenvalue weighted by atomic mass is 10.1. The van der Waals surface area contributed by atoms with Crippen LogP contribution >= 0.6 is 0 Å². The van der Waals surface area contributed by atoms with Gasteiger partial charge in [-0.3, -0.25) is 15.0 Å². The van der Waals surface area contributed by atoms with E-state index in [0.717, 1.165) is 25.9 Å². The van der Waals surface area contributed by atoms with Crippen LogP contribution in [0.15, 0.2) is 34.9 Å². The summed E-state index contributed by atoms with van der Waals surface area (Å²) in [6, 6.07) is 4.86. The summed E-state index contributed by atoms with van der Waals surface area (Å²) in [5.74, 6) is -1.25. The molecule has 8 heteroatoms. The highest BCUT2D eigenvalue weighted by Gasteiger charge is 2.26. The van der Waals surface area contributed by atoms with E-state index < -0.39 is 22.2 Å². The number of rotatable bonds is 6. The van der Waals surface area contributed by atoms with Crippen LogP contribution in [-0.4, -0.2) is 29.5 Å². The minimum absolute atomic E-state index is 0.156. The number of nitro benzene ring substituents is 1. The molecule has 0 amide bonds. The second kappa shape index (κ2) is 6.96. The van der Waals surface area contributed by atoms with Crippen molar-refractivity contribution in [2.45, 2.75) is 18.9 Å². The number of non-ortho nitro benzene ring substituents is 1. The molecule has 1 aromatic heterocycles. The van der Waals surface area contributed by atoms with Gasteiger partial charge in [-0.2, -0.15) is 0 Å². The average molecular weight is 337 g/mol. The molecule has 6 nitrogen and oxygen atoms in total. The van der Waals surface area contributed by atoms with Crippen molar-refractivity contribution in [1.82, 2.24) is 4.90 Å². The van der Waals surface area contributed by atoms with E-state index in [1.165, 1.54) is 0 Å². The first-order chi connectivity index (χ1) is 11.6. The molecular formula is C16H17F2N3O3. The maximum atomic E-state index is 14.0. The second-order valence-electron chi connectivity index (χ2n) is 5.70. The van der Waals surface area contributed by atoms with E-state index in [-0.39, 0.29) is 18.3 Å². The molecule has 128 valence electrons. The molecule has 1 aromatic carbocycles. The third-order valence-corrected chi connectivity index (χ3v) is 4.16. The number of nitrogens with one attached hydrogen (secondary N) is 1. The van der Waals surface area contributed by atoms with Crippen molar-refractivity contribution in [1.29, 1.82) is 0 Å². The molecular weight excluding hydrogens is 320 g/mol. The Labute approximate surface area is 137 Å². The number of furan rings is 1. The van der Waals surface area contributed by atoms with Crippen molar-refractivity contribution < 1.29 is 18.1 Å². The number of hydrogen-bond donors (Lipinski definition) is 1. The van der Waals surface area contributed by atoms with Crippen LogP contribution in [0, 0.1) is 21.7 Å². The molecule has 0 unspecified atom stereocenters. The SMILES string of the molecule is O=[N+]([O-])c1cc(F)c(NC[C@H](c2ccco2)N2CCCC2)c(F)c1. The smallest absolute Gasteiger partial charge is 0.275 e. The van der Waals surface area contributed by atoms with E-state index in [9.17, 15) is 18.9 Å². The van der Waals surface area contributed by atoms with Gasteiger partial charge >= 0.3 is 0 Å². The fourth-order valence-corrected chi connectivity index (χ4v) is 2.98. The third-order valence-electron chi connectivity index (χ3n) is 4.16. The Hall–Kier alpha value is -2.48. The minimum Gasteiger partial charge on any atom is -0.468 e. The van der Waals surface area contributed by atoms with Crippen molar-refractivity contribution in [3.05, 3.63) is 58.0 Å². The highest BCUT2D eigenvalue weighted by molar-refractivity contribution is 5.51. The number of likely N-dealkylation sites (tertiary alicyclic amines) is 1. The van der Waals surface area contributed by atoms with Gasteiger partial charge in [0.25, 0.3) is 5.69 Å². The van der Waals surface area contributed by atoms with E-state index in [2.05, 4.69) is 10.2 Å². The van der Waals surface area contributed by atoms with Crippen LogP contribution in [0.25, 0.3) is 0 Å². The molecule has 1 N–H and O–H groups in total.